The van der Waals surface area contributed by atoms with Gasteiger partial charge in [-0.15, -0.1) is 5.10 Å². The lowest BCUT2D eigenvalue weighted by Gasteiger charge is -2.37. The lowest BCUT2D eigenvalue weighted by atomic mass is 10.0. The van der Waals surface area contributed by atoms with Gasteiger partial charge >= 0.3 is 0 Å². The molecule has 1 saturated heterocycles. The molecule has 1 atom stereocenters. The summed E-state index contributed by atoms with van der Waals surface area (Å²) in [7, 11) is 0. The molecule has 1 aromatic heterocycles. The van der Waals surface area contributed by atoms with E-state index >= 15 is 0 Å². The Labute approximate surface area is 184 Å². The molecule has 1 aliphatic rings. The number of ether oxygens (including phenoxy) is 2. The molecule has 1 aliphatic heterocycles. The SMILES string of the molecule is Cc1cc(OCCc2ccccc2-n2cnnn2)cc(C2COCCN2CC(C)C)c1. The van der Waals surface area contributed by atoms with Gasteiger partial charge in [-0.3, -0.25) is 4.90 Å². The molecule has 3 aromatic rings. The number of rotatable bonds is 8. The molecule has 2 aromatic carbocycles. The Morgan fingerprint density at radius 1 is 1.19 bits per heavy atom. The van der Waals surface area contributed by atoms with Crippen LogP contribution in [-0.2, 0) is 11.2 Å². The highest BCUT2D eigenvalue weighted by Crippen LogP contribution is 2.29. The van der Waals surface area contributed by atoms with Crippen LogP contribution in [-0.4, -0.2) is 58.0 Å². The first-order valence-corrected chi connectivity index (χ1v) is 11.0. The van der Waals surface area contributed by atoms with Gasteiger partial charge in [-0.1, -0.05) is 38.1 Å². The lowest BCUT2D eigenvalue weighted by Crippen LogP contribution is -2.41. The summed E-state index contributed by atoms with van der Waals surface area (Å²) < 4.78 is 13.7. The molecule has 0 N–H and O–H groups in total. The van der Waals surface area contributed by atoms with E-state index in [4.69, 9.17) is 9.47 Å². The number of morpholine rings is 1. The van der Waals surface area contributed by atoms with Crippen LogP contribution in [0.3, 0.4) is 0 Å². The van der Waals surface area contributed by atoms with Crippen LogP contribution in [0.15, 0.2) is 48.8 Å². The number of hydrogen-bond acceptors (Lipinski definition) is 6. The Kier molecular flexibility index (Phi) is 6.94. The van der Waals surface area contributed by atoms with Gasteiger partial charge in [0.2, 0.25) is 0 Å². The predicted molar refractivity (Wildman–Crippen MR) is 120 cm³/mol. The van der Waals surface area contributed by atoms with Crippen molar-refractivity contribution < 1.29 is 9.47 Å². The summed E-state index contributed by atoms with van der Waals surface area (Å²) in [5.74, 6) is 1.53. The van der Waals surface area contributed by atoms with Crippen LogP contribution < -0.4 is 4.74 Å². The molecule has 1 fully saturated rings. The summed E-state index contributed by atoms with van der Waals surface area (Å²) in [4.78, 5) is 2.54. The van der Waals surface area contributed by atoms with E-state index in [0.29, 0.717) is 12.5 Å². The zero-order chi connectivity index (χ0) is 21.6. The molecule has 4 rings (SSSR count). The monoisotopic (exact) mass is 421 g/mol. The van der Waals surface area contributed by atoms with Gasteiger partial charge in [0.15, 0.2) is 0 Å². The highest BCUT2D eigenvalue weighted by Gasteiger charge is 2.25. The molecule has 7 heteroatoms. The fourth-order valence-corrected chi connectivity index (χ4v) is 4.18. The normalized spacial score (nSPS) is 17.2. The smallest absolute Gasteiger partial charge is 0.143 e. The van der Waals surface area contributed by atoms with Gasteiger partial charge in [0.05, 0.1) is 31.5 Å². The van der Waals surface area contributed by atoms with E-state index in [0.717, 1.165) is 49.7 Å². The number of para-hydroxylation sites is 1. The Morgan fingerprint density at radius 3 is 2.87 bits per heavy atom. The summed E-state index contributed by atoms with van der Waals surface area (Å²) in [5, 5.41) is 11.5. The number of benzene rings is 2. The highest BCUT2D eigenvalue weighted by molar-refractivity contribution is 5.40. The van der Waals surface area contributed by atoms with Crippen molar-refractivity contribution in [2.45, 2.75) is 33.2 Å². The van der Waals surface area contributed by atoms with Crippen molar-refractivity contribution in [2.24, 2.45) is 5.92 Å². The van der Waals surface area contributed by atoms with E-state index in [1.54, 1.807) is 11.0 Å². The Hall–Kier alpha value is -2.77. The topological polar surface area (TPSA) is 65.3 Å². The molecular weight excluding hydrogens is 390 g/mol. The van der Waals surface area contributed by atoms with Gasteiger partial charge in [0, 0.05) is 19.5 Å². The number of nitrogens with zero attached hydrogens (tertiary/aromatic N) is 5. The first kappa shape index (κ1) is 21.5. The maximum atomic E-state index is 6.19. The van der Waals surface area contributed by atoms with Gasteiger partial charge in [-0.2, -0.15) is 0 Å². The summed E-state index contributed by atoms with van der Waals surface area (Å²) in [5.41, 5.74) is 4.59. The largest absolute Gasteiger partial charge is 0.493 e. The number of aryl methyl sites for hydroxylation is 1. The zero-order valence-corrected chi connectivity index (χ0v) is 18.6. The highest BCUT2D eigenvalue weighted by atomic mass is 16.5. The fourth-order valence-electron chi connectivity index (χ4n) is 4.18. The molecule has 1 unspecified atom stereocenters. The van der Waals surface area contributed by atoms with Crippen LogP contribution in [0.1, 0.15) is 36.6 Å². The minimum atomic E-state index is 0.277. The van der Waals surface area contributed by atoms with Gasteiger partial charge in [0.1, 0.15) is 12.1 Å². The quantitative estimate of drug-likeness (QED) is 0.554. The van der Waals surface area contributed by atoms with Crippen molar-refractivity contribution in [1.82, 2.24) is 25.1 Å². The molecular formula is C24H31N5O2. The number of hydrogen-bond donors (Lipinski definition) is 0. The van der Waals surface area contributed by atoms with Crippen LogP contribution in [0.4, 0.5) is 0 Å². The number of aromatic nitrogens is 4. The molecule has 0 bridgehead atoms. The van der Waals surface area contributed by atoms with E-state index in [-0.39, 0.29) is 6.04 Å². The maximum absolute atomic E-state index is 6.19. The van der Waals surface area contributed by atoms with E-state index < -0.39 is 0 Å². The molecule has 0 saturated carbocycles. The Balaban J connectivity index is 1.45. The molecule has 2 heterocycles. The lowest BCUT2D eigenvalue weighted by molar-refractivity contribution is -0.0134. The van der Waals surface area contributed by atoms with E-state index in [1.807, 2.05) is 18.2 Å². The Bertz CT molecular complexity index is 974. The van der Waals surface area contributed by atoms with Crippen LogP contribution in [0.5, 0.6) is 5.75 Å². The van der Waals surface area contributed by atoms with Crippen LogP contribution in [0.25, 0.3) is 5.69 Å². The average Bonchev–Trinajstić information content (AvgIpc) is 3.28. The third kappa shape index (κ3) is 5.48. The predicted octanol–water partition coefficient (Wildman–Crippen LogP) is 3.62. The molecule has 31 heavy (non-hydrogen) atoms. The van der Waals surface area contributed by atoms with Gasteiger partial charge in [-0.05, 0) is 58.2 Å². The third-order valence-corrected chi connectivity index (χ3v) is 5.52. The summed E-state index contributed by atoms with van der Waals surface area (Å²) in [6.07, 6.45) is 2.38. The minimum absolute atomic E-state index is 0.277. The van der Waals surface area contributed by atoms with Crippen molar-refractivity contribution in [2.75, 3.05) is 32.9 Å². The van der Waals surface area contributed by atoms with E-state index in [9.17, 15) is 0 Å². The zero-order valence-electron chi connectivity index (χ0n) is 18.6. The molecule has 7 nitrogen and oxygen atoms in total. The first-order chi connectivity index (χ1) is 15.1. The molecule has 0 radical (unpaired) electrons. The fraction of sp³-hybridized carbons (Fsp3) is 0.458. The van der Waals surface area contributed by atoms with Crippen molar-refractivity contribution in [1.29, 1.82) is 0 Å². The standard InChI is InChI=1S/C24H31N5O2/c1-18(2)15-28-9-11-30-16-24(28)21-12-19(3)13-22(14-21)31-10-8-20-6-4-5-7-23(20)29-17-25-26-27-29/h4-7,12-14,17-18,24H,8-11,15-16H2,1-3H3. The van der Waals surface area contributed by atoms with Gasteiger partial charge in [0.25, 0.3) is 0 Å². The maximum Gasteiger partial charge on any atom is 0.143 e. The van der Waals surface area contributed by atoms with Crippen LogP contribution in [0, 0.1) is 12.8 Å². The van der Waals surface area contributed by atoms with Crippen molar-refractivity contribution in [3.05, 3.63) is 65.5 Å². The summed E-state index contributed by atoms with van der Waals surface area (Å²) in [6, 6.07) is 14.9. The van der Waals surface area contributed by atoms with Gasteiger partial charge < -0.3 is 9.47 Å². The minimum Gasteiger partial charge on any atom is -0.493 e. The second kappa shape index (κ2) is 10.0. The Morgan fingerprint density at radius 2 is 2.06 bits per heavy atom. The van der Waals surface area contributed by atoms with Crippen molar-refractivity contribution in [3.8, 4) is 11.4 Å². The third-order valence-electron chi connectivity index (χ3n) is 5.52. The van der Waals surface area contributed by atoms with E-state index in [1.165, 1.54) is 11.1 Å². The van der Waals surface area contributed by atoms with E-state index in [2.05, 4.69) is 65.5 Å². The average molecular weight is 422 g/mol. The van der Waals surface area contributed by atoms with Crippen molar-refractivity contribution in [3.63, 3.8) is 0 Å². The molecule has 0 amide bonds. The molecule has 0 aliphatic carbocycles. The van der Waals surface area contributed by atoms with Crippen LogP contribution >= 0.6 is 0 Å². The summed E-state index contributed by atoms with van der Waals surface area (Å²) >= 11 is 0. The number of tetrazole rings is 1. The molecule has 0 spiro atoms. The summed E-state index contributed by atoms with van der Waals surface area (Å²) in [6.45, 7) is 10.8. The van der Waals surface area contributed by atoms with Gasteiger partial charge in [-0.25, -0.2) is 4.68 Å². The van der Waals surface area contributed by atoms with Crippen LogP contribution in [0.2, 0.25) is 0 Å². The first-order valence-electron chi connectivity index (χ1n) is 11.0. The van der Waals surface area contributed by atoms with Crippen molar-refractivity contribution >= 4 is 0 Å². The molecule has 164 valence electrons. The second-order valence-corrected chi connectivity index (χ2v) is 8.54. The second-order valence-electron chi connectivity index (χ2n) is 8.54.